The van der Waals surface area contributed by atoms with E-state index in [0.717, 1.165) is 28.9 Å². The van der Waals surface area contributed by atoms with Gasteiger partial charge in [0.2, 0.25) is 0 Å². The first-order valence-corrected chi connectivity index (χ1v) is 8.02. The molecule has 2 N–H and O–H groups in total. The van der Waals surface area contributed by atoms with Crippen molar-refractivity contribution >= 4 is 17.0 Å². The Morgan fingerprint density at radius 2 is 1.74 bits per heavy atom. The molecule has 0 spiro atoms. The highest BCUT2D eigenvalue weighted by Crippen LogP contribution is 2.33. The van der Waals surface area contributed by atoms with E-state index >= 15 is 0 Å². The van der Waals surface area contributed by atoms with Crippen molar-refractivity contribution in [1.29, 1.82) is 0 Å². The topological polar surface area (TPSA) is 62.2 Å². The molecule has 0 saturated heterocycles. The molecule has 0 aliphatic heterocycles. The number of aromatic nitrogens is 3. The van der Waals surface area contributed by atoms with Gasteiger partial charge in [0.05, 0.1) is 5.56 Å². The number of pyridine rings is 1. The summed E-state index contributed by atoms with van der Waals surface area (Å²) in [6, 6.07) is 15.8. The molecule has 8 heteroatoms. The summed E-state index contributed by atoms with van der Waals surface area (Å²) in [6.45, 7) is 0. The largest absolute Gasteiger partial charge is 0.416 e. The van der Waals surface area contributed by atoms with Gasteiger partial charge in [-0.25, -0.2) is 9.89 Å². The van der Waals surface area contributed by atoms with Gasteiger partial charge in [0.1, 0.15) is 0 Å². The first-order valence-electron chi connectivity index (χ1n) is 8.02. The number of hydrogen-bond acceptors (Lipinski definition) is 3. The number of anilines is 2. The molecule has 4 rings (SSSR count). The third-order valence-electron chi connectivity index (χ3n) is 4.15. The second-order valence-electron chi connectivity index (χ2n) is 5.92. The van der Waals surface area contributed by atoms with Crippen molar-refractivity contribution in [3.8, 4) is 11.1 Å². The molecular weight excluding hydrogens is 357 g/mol. The summed E-state index contributed by atoms with van der Waals surface area (Å²) in [5.74, 6) is 0. The van der Waals surface area contributed by atoms with Gasteiger partial charge >= 0.3 is 11.9 Å². The molecule has 0 bridgehead atoms. The van der Waals surface area contributed by atoms with Crippen molar-refractivity contribution in [2.75, 3.05) is 5.32 Å². The predicted octanol–water partition coefficient (Wildman–Crippen LogP) is 4.45. The Morgan fingerprint density at radius 1 is 1.00 bits per heavy atom. The summed E-state index contributed by atoms with van der Waals surface area (Å²) < 4.78 is 39.5. The van der Waals surface area contributed by atoms with Crippen LogP contribution in [0.15, 0.2) is 71.7 Å². The lowest BCUT2D eigenvalue weighted by molar-refractivity contribution is -0.137. The average molecular weight is 370 g/mol. The Bertz CT molecular complexity index is 1160. The third-order valence-corrected chi connectivity index (χ3v) is 4.15. The molecule has 0 unspecified atom stereocenters. The number of rotatable bonds is 3. The van der Waals surface area contributed by atoms with E-state index in [2.05, 4.69) is 15.5 Å². The molecule has 136 valence electrons. The molecule has 0 fully saturated rings. The van der Waals surface area contributed by atoms with E-state index in [-0.39, 0.29) is 5.69 Å². The van der Waals surface area contributed by atoms with E-state index in [0.29, 0.717) is 11.3 Å². The summed E-state index contributed by atoms with van der Waals surface area (Å²) in [7, 11) is 0. The van der Waals surface area contributed by atoms with Crippen molar-refractivity contribution in [3.05, 3.63) is 82.9 Å². The Kier molecular flexibility index (Phi) is 3.95. The van der Waals surface area contributed by atoms with E-state index in [1.807, 2.05) is 24.3 Å². The SMILES string of the molecule is O=c1[nH]nc2cc(-c3ccccc3Nc3ccc(C(F)(F)F)cc3)ccn12. The van der Waals surface area contributed by atoms with E-state index in [9.17, 15) is 18.0 Å². The monoisotopic (exact) mass is 370 g/mol. The van der Waals surface area contributed by atoms with Gasteiger partial charge in [-0.15, -0.1) is 0 Å². The zero-order chi connectivity index (χ0) is 19.0. The highest BCUT2D eigenvalue weighted by Gasteiger charge is 2.29. The predicted molar refractivity (Wildman–Crippen MR) is 96.0 cm³/mol. The average Bonchev–Trinajstić information content (AvgIpc) is 3.02. The normalized spacial score (nSPS) is 11.7. The summed E-state index contributed by atoms with van der Waals surface area (Å²) in [5.41, 5.74) is 2.35. The molecule has 0 saturated carbocycles. The number of benzene rings is 2. The van der Waals surface area contributed by atoms with Gasteiger partial charge in [-0.2, -0.15) is 18.3 Å². The zero-order valence-corrected chi connectivity index (χ0v) is 13.8. The number of para-hydroxylation sites is 1. The van der Waals surface area contributed by atoms with E-state index in [1.54, 1.807) is 18.3 Å². The Morgan fingerprint density at radius 3 is 2.48 bits per heavy atom. The van der Waals surface area contributed by atoms with Gasteiger partial charge in [0, 0.05) is 23.1 Å². The molecule has 2 aromatic heterocycles. The van der Waals surface area contributed by atoms with Crippen LogP contribution in [-0.4, -0.2) is 14.6 Å². The minimum atomic E-state index is -4.37. The number of fused-ring (bicyclic) bond motifs is 1. The highest BCUT2D eigenvalue weighted by atomic mass is 19.4. The minimum Gasteiger partial charge on any atom is -0.355 e. The molecular formula is C19H13F3N4O. The van der Waals surface area contributed by atoms with Crippen molar-refractivity contribution < 1.29 is 13.2 Å². The molecule has 0 atom stereocenters. The van der Waals surface area contributed by atoms with Crippen molar-refractivity contribution in [1.82, 2.24) is 14.6 Å². The fourth-order valence-electron chi connectivity index (χ4n) is 2.81. The van der Waals surface area contributed by atoms with Crippen LogP contribution in [-0.2, 0) is 6.18 Å². The summed E-state index contributed by atoms with van der Waals surface area (Å²) >= 11 is 0. The first kappa shape index (κ1) is 16.9. The standard InChI is InChI=1S/C19H13F3N4O/c20-19(21,22)13-5-7-14(8-6-13)23-16-4-2-1-3-15(16)12-9-10-26-17(11-12)24-25-18(26)27/h1-11,23H,(H,25,27). The number of aromatic amines is 1. The number of halogens is 3. The quantitative estimate of drug-likeness (QED) is 0.560. The van der Waals surface area contributed by atoms with Crippen LogP contribution in [0, 0.1) is 0 Å². The maximum atomic E-state index is 12.7. The summed E-state index contributed by atoms with van der Waals surface area (Å²) in [5, 5.41) is 9.47. The third kappa shape index (κ3) is 3.29. The van der Waals surface area contributed by atoms with Crippen molar-refractivity contribution in [3.63, 3.8) is 0 Å². The molecule has 0 amide bonds. The fraction of sp³-hybridized carbons (Fsp3) is 0.0526. The van der Waals surface area contributed by atoms with E-state index in [4.69, 9.17) is 0 Å². The van der Waals surface area contributed by atoms with Crippen molar-refractivity contribution in [2.24, 2.45) is 0 Å². The van der Waals surface area contributed by atoms with Crippen LogP contribution < -0.4 is 11.0 Å². The second kappa shape index (κ2) is 6.31. The van der Waals surface area contributed by atoms with E-state index < -0.39 is 11.7 Å². The zero-order valence-electron chi connectivity index (χ0n) is 13.8. The molecule has 0 aliphatic rings. The molecule has 0 aliphatic carbocycles. The van der Waals surface area contributed by atoms with E-state index in [1.165, 1.54) is 16.5 Å². The Balaban J connectivity index is 1.69. The lowest BCUT2D eigenvalue weighted by atomic mass is 10.0. The Hall–Kier alpha value is -3.55. The maximum absolute atomic E-state index is 12.7. The smallest absolute Gasteiger partial charge is 0.355 e. The van der Waals surface area contributed by atoms with Crippen LogP contribution in [0.4, 0.5) is 24.5 Å². The lowest BCUT2D eigenvalue weighted by Crippen LogP contribution is -2.08. The highest BCUT2D eigenvalue weighted by molar-refractivity contribution is 5.82. The van der Waals surface area contributed by atoms with Gasteiger partial charge in [-0.1, -0.05) is 18.2 Å². The molecule has 4 aromatic rings. The van der Waals surface area contributed by atoms with Crippen LogP contribution >= 0.6 is 0 Å². The molecule has 2 aromatic carbocycles. The number of nitrogens with one attached hydrogen (secondary N) is 2. The van der Waals surface area contributed by atoms with Gasteiger partial charge < -0.3 is 5.32 Å². The lowest BCUT2D eigenvalue weighted by Gasteiger charge is -2.13. The van der Waals surface area contributed by atoms with Gasteiger partial charge in [-0.05, 0) is 48.0 Å². The van der Waals surface area contributed by atoms with Crippen LogP contribution in [0.2, 0.25) is 0 Å². The van der Waals surface area contributed by atoms with Crippen LogP contribution in [0.1, 0.15) is 5.56 Å². The number of alkyl halides is 3. The number of H-pyrrole nitrogens is 1. The van der Waals surface area contributed by atoms with Crippen LogP contribution in [0.25, 0.3) is 16.8 Å². The summed E-state index contributed by atoms with van der Waals surface area (Å²) in [4.78, 5) is 11.6. The number of nitrogens with zero attached hydrogens (tertiary/aromatic N) is 2. The number of hydrogen-bond donors (Lipinski definition) is 2. The maximum Gasteiger partial charge on any atom is 0.416 e. The van der Waals surface area contributed by atoms with Crippen molar-refractivity contribution in [2.45, 2.75) is 6.18 Å². The van der Waals surface area contributed by atoms with Gasteiger partial charge in [-0.3, -0.25) is 4.40 Å². The molecule has 27 heavy (non-hydrogen) atoms. The second-order valence-corrected chi connectivity index (χ2v) is 5.92. The van der Waals surface area contributed by atoms with Crippen LogP contribution in [0.3, 0.4) is 0 Å². The fourth-order valence-corrected chi connectivity index (χ4v) is 2.81. The van der Waals surface area contributed by atoms with Gasteiger partial charge in [0.25, 0.3) is 0 Å². The Labute approximate surface area is 151 Å². The minimum absolute atomic E-state index is 0.326. The van der Waals surface area contributed by atoms with Crippen LogP contribution in [0.5, 0.6) is 0 Å². The van der Waals surface area contributed by atoms with Gasteiger partial charge in [0.15, 0.2) is 5.65 Å². The first-order chi connectivity index (χ1) is 12.9. The molecule has 0 radical (unpaired) electrons. The summed E-state index contributed by atoms with van der Waals surface area (Å²) in [6.07, 6.45) is -2.75. The molecule has 5 nitrogen and oxygen atoms in total. The molecule has 2 heterocycles.